The molecule has 21 heavy (non-hydrogen) atoms. The molecule has 2 saturated heterocycles. The number of halogens is 2. The van der Waals surface area contributed by atoms with Crippen molar-refractivity contribution >= 4 is 23.2 Å². The Morgan fingerprint density at radius 2 is 2.05 bits per heavy atom. The van der Waals surface area contributed by atoms with Crippen molar-refractivity contribution in [3.63, 3.8) is 0 Å². The molecule has 0 radical (unpaired) electrons. The van der Waals surface area contributed by atoms with E-state index < -0.39 is 0 Å². The molecule has 0 aromatic heterocycles. The summed E-state index contributed by atoms with van der Waals surface area (Å²) in [5.41, 5.74) is 1.64. The second-order valence-corrected chi connectivity index (χ2v) is 7.71. The molecule has 0 aromatic rings. The molecule has 2 N–H and O–H groups in total. The molecule has 4 heteroatoms. The van der Waals surface area contributed by atoms with Gasteiger partial charge >= 0.3 is 0 Å². The highest BCUT2D eigenvalue weighted by atomic mass is 35.5. The average Bonchev–Trinajstić information content (AvgIpc) is 2.85. The number of piperidine rings is 1. The van der Waals surface area contributed by atoms with Crippen molar-refractivity contribution in [3.8, 4) is 0 Å². The van der Waals surface area contributed by atoms with Gasteiger partial charge in [0.05, 0.1) is 5.38 Å². The predicted octanol–water partition coefficient (Wildman–Crippen LogP) is 3.19. The molecule has 114 valence electrons. The first-order chi connectivity index (χ1) is 10.2. The molecular weight excluding hydrogens is 303 g/mol. The highest BCUT2D eigenvalue weighted by Gasteiger charge is 2.42. The van der Waals surface area contributed by atoms with Crippen LogP contribution < -0.4 is 10.6 Å². The van der Waals surface area contributed by atoms with Gasteiger partial charge < -0.3 is 10.6 Å². The Kier molecular flexibility index (Phi) is 3.91. The van der Waals surface area contributed by atoms with Gasteiger partial charge in [0, 0.05) is 35.5 Å². The molecule has 2 heterocycles. The third-order valence-corrected chi connectivity index (χ3v) is 6.25. The van der Waals surface area contributed by atoms with Gasteiger partial charge in [0.1, 0.15) is 0 Å². The molecule has 2 fully saturated rings. The van der Waals surface area contributed by atoms with E-state index in [-0.39, 0.29) is 5.38 Å². The fraction of sp³-hybridized carbons (Fsp3) is 0.647. The maximum absolute atomic E-state index is 6.52. The van der Waals surface area contributed by atoms with E-state index >= 15 is 0 Å². The van der Waals surface area contributed by atoms with Gasteiger partial charge in [-0.25, -0.2) is 0 Å². The molecule has 0 aromatic carbocycles. The van der Waals surface area contributed by atoms with Gasteiger partial charge in [-0.2, -0.15) is 0 Å². The molecule has 2 aliphatic carbocycles. The van der Waals surface area contributed by atoms with E-state index in [2.05, 4.69) is 22.8 Å². The summed E-state index contributed by atoms with van der Waals surface area (Å²) < 4.78 is 0. The minimum atomic E-state index is 0.0236. The molecule has 6 atom stereocenters. The number of allylic oxidation sites excluding steroid dienone is 5. The number of nitrogens with one attached hydrogen (secondary N) is 2. The van der Waals surface area contributed by atoms with Gasteiger partial charge in [-0.3, -0.25) is 0 Å². The summed E-state index contributed by atoms with van der Waals surface area (Å²) in [6.45, 7) is 2.28. The lowest BCUT2D eigenvalue weighted by atomic mass is 9.75. The summed E-state index contributed by atoms with van der Waals surface area (Å²) in [6, 6.07) is 1.29. The summed E-state index contributed by atoms with van der Waals surface area (Å²) in [6.07, 6.45) is 12.5. The van der Waals surface area contributed by atoms with E-state index in [1.807, 2.05) is 12.2 Å². The van der Waals surface area contributed by atoms with Crippen molar-refractivity contribution in [1.29, 1.82) is 0 Å². The predicted molar refractivity (Wildman–Crippen MR) is 88.7 cm³/mol. The molecule has 0 saturated carbocycles. The largest absolute Gasteiger partial charge is 0.316 e. The van der Waals surface area contributed by atoms with Crippen LogP contribution in [-0.2, 0) is 0 Å². The molecule has 2 aliphatic heterocycles. The van der Waals surface area contributed by atoms with Crippen LogP contribution in [0.1, 0.15) is 19.3 Å². The summed E-state index contributed by atoms with van der Waals surface area (Å²) in [4.78, 5) is 0. The number of fused-ring (bicyclic) bond motifs is 3. The van der Waals surface area contributed by atoms with Gasteiger partial charge in [-0.05, 0) is 43.9 Å². The molecule has 4 rings (SSSR count). The molecule has 4 aliphatic rings. The lowest BCUT2D eigenvalue weighted by Gasteiger charge is -2.33. The zero-order valence-corrected chi connectivity index (χ0v) is 13.6. The first-order valence-corrected chi connectivity index (χ1v) is 8.92. The van der Waals surface area contributed by atoms with E-state index in [1.165, 1.54) is 19.3 Å². The van der Waals surface area contributed by atoms with Crippen LogP contribution >= 0.6 is 23.2 Å². The highest BCUT2D eigenvalue weighted by molar-refractivity contribution is 6.32. The van der Waals surface area contributed by atoms with Crippen LogP contribution in [0, 0.1) is 17.8 Å². The topological polar surface area (TPSA) is 24.1 Å². The number of hydrogen-bond donors (Lipinski definition) is 2. The van der Waals surface area contributed by atoms with Crippen molar-refractivity contribution in [2.24, 2.45) is 17.8 Å². The maximum Gasteiger partial charge on any atom is 0.0601 e. The minimum Gasteiger partial charge on any atom is -0.316 e. The molecule has 0 spiro atoms. The van der Waals surface area contributed by atoms with Crippen LogP contribution in [0.2, 0.25) is 0 Å². The first kappa shape index (κ1) is 14.3. The highest BCUT2D eigenvalue weighted by Crippen LogP contribution is 2.42. The summed E-state index contributed by atoms with van der Waals surface area (Å²) in [5, 5.41) is 8.19. The van der Waals surface area contributed by atoms with Crippen molar-refractivity contribution in [2.45, 2.75) is 36.7 Å². The Morgan fingerprint density at radius 3 is 2.90 bits per heavy atom. The fourth-order valence-corrected chi connectivity index (χ4v) is 5.19. The first-order valence-electron chi connectivity index (χ1n) is 8.10. The molecule has 6 unspecified atom stereocenters. The van der Waals surface area contributed by atoms with E-state index in [0.29, 0.717) is 29.8 Å². The van der Waals surface area contributed by atoms with Crippen LogP contribution in [0.4, 0.5) is 0 Å². The normalized spacial score (nSPS) is 45.6. The Balaban J connectivity index is 1.56. The summed E-state index contributed by atoms with van der Waals surface area (Å²) >= 11 is 12.6. The van der Waals surface area contributed by atoms with E-state index in [4.69, 9.17) is 23.2 Å². The Hall–Kier alpha value is -0.280. The Labute approximate surface area is 136 Å². The van der Waals surface area contributed by atoms with Gasteiger partial charge in [-0.15, -0.1) is 11.6 Å². The second-order valence-electron chi connectivity index (χ2n) is 6.77. The quantitative estimate of drug-likeness (QED) is 0.571. The molecular formula is C17H22Cl2N2. The van der Waals surface area contributed by atoms with Gasteiger partial charge in [0.25, 0.3) is 0 Å². The number of rotatable bonds is 1. The molecule has 2 nitrogen and oxygen atoms in total. The van der Waals surface area contributed by atoms with Crippen molar-refractivity contribution < 1.29 is 0 Å². The number of hydrogen-bond acceptors (Lipinski definition) is 2. The second kappa shape index (κ2) is 5.73. The van der Waals surface area contributed by atoms with Crippen LogP contribution in [0.25, 0.3) is 0 Å². The third-order valence-electron chi connectivity index (χ3n) is 5.58. The lowest BCUT2D eigenvalue weighted by molar-refractivity contribution is 0.360. The number of alkyl halides is 1. The van der Waals surface area contributed by atoms with Gasteiger partial charge in [0.2, 0.25) is 0 Å². The minimum absolute atomic E-state index is 0.0236. The smallest absolute Gasteiger partial charge is 0.0601 e. The zero-order valence-electron chi connectivity index (χ0n) is 12.1. The van der Waals surface area contributed by atoms with Crippen LogP contribution in [-0.4, -0.2) is 30.6 Å². The SMILES string of the molecule is ClC1=CC(Cl)C(C2C=C3C(CC2)NC2CCNCC32)C=C1. The molecule has 0 amide bonds. The average molecular weight is 325 g/mol. The fourth-order valence-electron chi connectivity index (χ4n) is 4.51. The van der Waals surface area contributed by atoms with Gasteiger partial charge in [0.15, 0.2) is 0 Å². The summed E-state index contributed by atoms with van der Waals surface area (Å²) in [7, 11) is 0. The van der Waals surface area contributed by atoms with E-state index in [9.17, 15) is 0 Å². The van der Waals surface area contributed by atoms with Crippen molar-refractivity contribution in [1.82, 2.24) is 10.6 Å². The van der Waals surface area contributed by atoms with Crippen molar-refractivity contribution in [3.05, 3.63) is 34.9 Å². The maximum atomic E-state index is 6.52. The third kappa shape index (κ3) is 2.61. The Bertz CT molecular complexity index is 511. The van der Waals surface area contributed by atoms with Crippen molar-refractivity contribution in [2.75, 3.05) is 13.1 Å². The Morgan fingerprint density at radius 1 is 1.14 bits per heavy atom. The van der Waals surface area contributed by atoms with Crippen LogP contribution in [0.3, 0.4) is 0 Å². The standard InChI is InChI=1S/C17H22Cl2N2/c18-11-2-3-12(15(19)8-11)10-1-4-16-13(7-10)14-9-20-6-5-17(14)21-16/h2-3,7-8,10,12,14-17,20-21H,1,4-6,9H2. The van der Waals surface area contributed by atoms with E-state index in [1.54, 1.807) is 5.57 Å². The zero-order chi connectivity index (χ0) is 14.4. The monoisotopic (exact) mass is 324 g/mol. The van der Waals surface area contributed by atoms with E-state index in [0.717, 1.165) is 18.1 Å². The lowest BCUT2D eigenvalue weighted by Crippen LogP contribution is -2.42. The molecule has 0 bridgehead atoms. The van der Waals surface area contributed by atoms with Crippen LogP contribution in [0.5, 0.6) is 0 Å². The van der Waals surface area contributed by atoms with Gasteiger partial charge in [-0.1, -0.05) is 29.3 Å². The van der Waals surface area contributed by atoms with Crippen LogP contribution in [0.15, 0.2) is 34.9 Å². The summed E-state index contributed by atoms with van der Waals surface area (Å²) in [5.74, 6) is 1.63.